The van der Waals surface area contributed by atoms with E-state index in [1.54, 1.807) is 13.0 Å². The number of carbonyl (C=O) groups excluding carboxylic acids is 1. The van der Waals surface area contributed by atoms with Crippen LogP contribution in [0.4, 0.5) is 5.82 Å². The molecule has 1 N–H and O–H groups in total. The highest BCUT2D eigenvalue weighted by Gasteiger charge is 2.28. The minimum absolute atomic E-state index is 0.0540. The van der Waals surface area contributed by atoms with Crippen molar-refractivity contribution in [3.8, 4) is 0 Å². The van der Waals surface area contributed by atoms with E-state index < -0.39 is 0 Å². The van der Waals surface area contributed by atoms with Gasteiger partial charge in [-0.2, -0.15) is 5.10 Å². The maximum Gasteiger partial charge on any atom is 0.242 e. The van der Waals surface area contributed by atoms with Crippen LogP contribution in [0.3, 0.4) is 0 Å². The molecule has 1 fully saturated rings. The van der Waals surface area contributed by atoms with Gasteiger partial charge in [0.15, 0.2) is 5.82 Å². The Bertz CT molecular complexity index is 737. The summed E-state index contributed by atoms with van der Waals surface area (Å²) >= 11 is 0. The van der Waals surface area contributed by atoms with Gasteiger partial charge in [-0.15, -0.1) is 0 Å². The Morgan fingerprint density at radius 2 is 2.24 bits per heavy atom. The van der Waals surface area contributed by atoms with Crippen LogP contribution in [0, 0.1) is 26.7 Å². The van der Waals surface area contributed by atoms with Crippen LogP contribution in [0.2, 0.25) is 0 Å². The van der Waals surface area contributed by atoms with E-state index in [1.807, 2.05) is 25.5 Å². The highest BCUT2D eigenvalue weighted by molar-refractivity contribution is 5.93. The Morgan fingerprint density at radius 1 is 1.44 bits per heavy atom. The fourth-order valence-electron chi connectivity index (χ4n) is 3.40. The summed E-state index contributed by atoms with van der Waals surface area (Å²) in [5.74, 6) is 3.32. The summed E-state index contributed by atoms with van der Waals surface area (Å²) in [4.78, 5) is 19.1. The van der Waals surface area contributed by atoms with Crippen molar-refractivity contribution in [3.63, 3.8) is 0 Å². The minimum atomic E-state index is -0.210. The normalized spacial score (nSPS) is 19.8. The summed E-state index contributed by atoms with van der Waals surface area (Å²) in [5, 5.41) is 11.1. The van der Waals surface area contributed by atoms with E-state index in [-0.39, 0.29) is 11.9 Å². The average Bonchev–Trinajstić information content (AvgIpc) is 3.11. The highest BCUT2D eigenvalue weighted by atomic mass is 16.5. The molecular weight excluding hydrogens is 320 g/mol. The number of carbonyl (C=O) groups is 1. The molecule has 3 heterocycles. The van der Waals surface area contributed by atoms with Crippen molar-refractivity contribution in [1.82, 2.24) is 24.8 Å². The van der Waals surface area contributed by atoms with Crippen molar-refractivity contribution in [3.05, 3.63) is 23.5 Å². The summed E-state index contributed by atoms with van der Waals surface area (Å²) in [6.07, 6.45) is 2.23. The second-order valence-corrected chi connectivity index (χ2v) is 6.88. The van der Waals surface area contributed by atoms with Crippen LogP contribution < -0.4 is 5.32 Å². The molecule has 1 saturated heterocycles. The monoisotopic (exact) mass is 346 g/mol. The highest BCUT2D eigenvalue weighted by Crippen LogP contribution is 2.21. The van der Waals surface area contributed by atoms with Gasteiger partial charge in [0.2, 0.25) is 5.91 Å². The average molecular weight is 346 g/mol. The van der Waals surface area contributed by atoms with E-state index in [2.05, 4.69) is 25.5 Å². The van der Waals surface area contributed by atoms with E-state index in [4.69, 9.17) is 4.52 Å². The van der Waals surface area contributed by atoms with Crippen LogP contribution in [-0.2, 0) is 11.3 Å². The molecule has 0 aromatic carbocycles. The zero-order valence-corrected chi connectivity index (χ0v) is 15.3. The van der Waals surface area contributed by atoms with Crippen LogP contribution in [0.1, 0.15) is 37.2 Å². The van der Waals surface area contributed by atoms with Crippen LogP contribution in [0.15, 0.2) is 10.6 Å². The van der Waals surface area contributed by atoms with E-state index in [0.29, 0.717) is 17.5 Å². The summed E-state index contributed by atoms with van der Waals surface area (Å²) in [6, 6.07) is 1.51. The smallest absolute Gasteiger partial charge is 0.242 e. The van der Waals surface area contributed by atoms with Gasteiger partial charge in [-0.25, -0.2) is 9.67 Å². The number of piperidine rings is 1. The lowest BCUT2D eigenvalue weighted by atomic mass is 9.96. The molecule has 136 valence electrons. The third kappa shape index (κ3) is 4.25. The Kier molecular flexibility index (Phi) is 5.17. The number of hydrogen-bond acceptors (Lipinski definition) is 6. The van der Waals surface area contributed by atoms with Gasteiger partial charge in [-0.1, -0.05) is 5.16 Å². The lowest BCUT2D eigenvalue weighted by Gasteiger charge is -2.36. The quantitative estimate of drug-likeness (QED) is 0.890. The van der Waals surface area contributed by atoms with E-state index in [0.717, 1.165) is 44.1 Å². The second-order valence-electron chi connectivity index (χ2n) is 6.88. The summed E-state index contributed by atoms with van der Waals surface area (Å²) in [6.45, 7) is 10.3. The van der Waals surface area contributed by atoms with Crippen molar-refractivity contribution in [2.45, 2.75) is 53.1 Å². The van der Waals surface area contributed by atoms with Crippen molar-refractivity contribution < 1.29 is 9.32 Å². The predicted molar refractivity (Wildman–Crippen MR) is 93.1 cm³/mol. The lowest BCUT2D eigenvalue weighted by Crippen LogP contribution is -2.47. The van der Waals surface area contributed by atoms with Crippen LogP contribution in [0.5, 0.6) is 0 Å². The molecule has 0 radical (unpaired) electrons. The fourth-order valence-corrected chi connectivity index (χ4v) is 3.40. The molecule has 2 atom stereocenters. The number of amides is 1. The van der Waals surface area contributed by atoms with Crippen molar-refractivity contribution >= 4 is 11.7 Å². The third-order valence-electron chi connectivity index (χ3n) is 4.75. The molecule has 0 unspecified atom stereocenters. The molecular formula is C17H26N6O2. The third-order valence-corrected chi connectivity index (χ3v) is 4.75. The van der Waals surface area contributed by atoms with E-state index in [9.17, 15) is 4.79 Å². The largest absolute Gasteiger partial charge is 0.360 e. The van der Waals surface area contributed by atoms with Gasteiger partial charge in [-0.05, 0) is 53.0 Å². The zero-order valence-electron chi connectivity index (χ0n) is 15.3. The van der Waals surface area contributed by atoms with Crippen LogP contribution >= 0.6 is 0 Å². The molecule has 2 aromatic rings. The van der Waals surface area contributed by atoms with Gasteiger partial charge < -0.3 is 9.84 Å². The molecule has 1 aliphatic rings. The topological polar surface area (TPSA) is 89.1 Å². The van der Waals surface area contributed by atoms with Crippen molar-refractivity contribution in [2.24, 2.45) is 5.92 Å². The second kappa shape index (κ2) is 7.35. The van der Waals surface area contributed by atoms with Crippen LogP contribution in [0.25, 0.3) is 0 Å². The number of anilines is 1. The molecule has 8 nitrogen and oxygen atoms in total. The maximum absolute atomic E-state index is 12.5. The number of aryl methyl sites for hydroxylation is 3. The zero-order chi connectivity index (χ0) is 18.0. The van der Waals surface area contributed by atoms with E-state index >= 15 is 0 Å². The Morgan fingerprint density at radius 3 is 2.88 bits per heavy atom. The Balaban J connectivity index is 1.58. The molecule has 1 amide bonds. The van der Waals surface area contributed by atoms with Gasteiger partial charge in [-0.3, -0.25) is 9.69 Å². The molecule has 0 aliphatic carbocycles. The van der Waals surface area contributed by atoms with Gasteiger partial charge in [0.25, 0.3) is 0 Å². The first-order valence-electron chi connectivity index (χ1n) is 8.78. The Labute approximate surface area is 147 Å². The first kappa shape index (κ1) is 17.6. The molecule has 1 aliphatic heterocycles. The first-order valence-corrected chi connectivity index (χ1v) is 8.78. The van der Waals surface area contributed by atoms with Gasteiger partial charge in [0, 0.05) is 19.2 Å². The van der Waals surface area contributed by atoms with Crippen LogP contribution in [-0.4, -0.2) is 49.9 Å². The fraction of sp³-hybridized carbons (Fsp3) is 0.647. The van der Waals surface area contributed by atoms with Gasteiger partial charge >= 0.3 is 0 Å². The minimum Gasteiger partial charge on any atom is -0.360 e. The van der Waals surface area contributed by atoms with Crippen molar-refractivity contribution in [1.29, 1.82) is 0 Å². The number of aromatic nitrogens is 4. The Hall–Kier alpha value is -2.22. The van der Waals surface area contributed by atoms with Gasteiger partial charge in [0.1, 0.15) is 17.4 Å². The molecule has 3 rings (SSSR count). The number of likely N-dealkylation sites (tertiary alicyclic amines) is 1. The van der Waals surface area contributed by atoms with E-state index in [1.165, 1.54) is 0 Å². The standard InChI is InChI=1S/C17H26N6O2/c1-11-8-16(21-25-11)19-17(24)12(2)22-7-5-6-15(9-22)10-23-14(4)18-13(3)20-23/h8,12,15H,5-7,9-10H2,1-4H3,(H,19,21,24)/t12-,15+/m0/s1. The summed E-state index contributed by atoms with van der Waals surface area (Å²) in [7, 11) is 0. The summed E-state index contributed by atoms with van der Waals surface area (Å²) in [5.41, 5.74) is 0. The molecule has 0 saturated carbocycles. The summed E-state index contributed by atoms with van der Waals surface area (Å²) < 4.78 is 6.97. The number of hydrogen-bond donors (Lipinski definition) is 1. The molecule has 8 heteroatoms. The number of nitrogens with zero attached hydrogens (tertiary/aromatic N) is 5. The molecule has 0 bridgehead atoms. The maximum atomic E-state index is 12.5. The first-order chi connectivity index (χ1) is 11.9. The molecule has 25 heavy (non-hydrogen) atoms. The SMILES string of the molecule is Cc1nc(C)n(C[C@@H]2CCCN([C@@H](C)C(=O)Nc3cc(C)on3)C2)n1. The number of rotatable bonds is 5. The lowest BCUT2D eigenvalue weighted by molar-refractivity contribution is -0.121. The van der Waals surface area contributed by atoms with Gasteiger partial charge in [0.05, 0.1) is 6.04 Å². The predicted octanol–water partition coefficient (Wildman–Crippen LogP) is 1.93. The number of nitrogens with one attached hydrogen (secondary N) is 1. The molecule has 0 spiro atoms. The van der Waals surface area contributed by atoms with Crippen molar-refractivity contribution in [2.75, 3.05) is 18.4 Å². The molecule has 2 aromatic heterocycles.